The van der Waals surface area contributed by atoms with Crippen LogP contribution in [0.3, 0.4) is 0 Å². The van der Waals surface area contributed by atoms with Crippen molar-refractivity contribution in [3.05, 3.63) is 35.9 Å². The van der Waals surface area contributed by atoms with E-state index in [4.69, 9.17) is 9.47 Å². The smallest absolute Gasteiger partial charge is 0.204 e. The van der Waals surface area contributed by atoms with Gasteiger partial charge >= 0.3 is 0 Å². The summed E-state index contributed by atoms with van der Waals surface area (Å²) in [6, 6.07) is 2.87. The first-order valence-electron chi connectivity index (χ1n) is 12.1. The number of rotatable bonds is 10. The zero-order chi connectivity index (χ0) is 22.3. The minimum atomic E-state index is -0.984. The average molecular weight is 437 g/mol. The molecule has 0 spiro atoms. The molecular formula is C26H38F2O3. The molecular weight excluding hydrogens is 398 g/mol. The van der Waals surface area contributed by atoms with Crippen LogP contribution >= 0.6 is 0 Å². The number of ether oxygens (including phenoxy) is 2. The summed E-state index contributed by atoms with van der Waals surface area (Å²) in [4.78, 5) is 0. The first-order chi connectivity index (χ1) is 15.0. The van der Waals surface area contributed by atoms with Crippen LogP contribution in [0.1, 0.15) is 78.1 Å². The molecule has 1 saturated carbocycles. The molecule has 0 heterocycles. The molecule has 31 heavy (non-hydrogen) atoms. The third-order valence-corrected chi connectivity index (χ3v) is 7.06. The van der Waals surface area contributed by atoms with Crippen LogP contribution in [0.4, 0.5) is 8.78 Å². The maximum atomic E-state index is 14.2. The van der Waals surface area contributed by atoms with Crippen LogP contribution in [0.15, 0.2) is 24.3 Å². The summed E-state index contributed by atoms with van der Waals surface area (Å²) in [5.74, 6) is -0.520. The number of allylic oxidation sites excluding steroid dienone is 1. The lowest BCUT2D eigenvalue weighted by molar-refractivity contribution is 0.0492. The third-order valence-electron chi connectivity index (χ3n) is 7.06. The number of benzene rings is 1. The summed E-state index contributed by atoms with van der Waals surface area (Å²) in [5.41, 5.74) is -0.603. The molecule has 1 aromatic rings. The molecule has 2 atom stereocenters. The lowest BCUT2D eigenvalue weighted by Gasteiger charge is -2.37. The van der Waals surface area contributed by atoms with Gasteiger partial charge < -0.3 is 14.6 Å². The maximum Gasteiger partial charge on any atom is 0.204 e. The molecule has 3 rings (SSSR count). The van der Waals surface area contributed by atoms with E-state index >= 15 is 0 Å². The number of unbranched alkanes of at least 4 members (excludes halogenated alkanes) is 2. The highest BCUT2D eigenvalue weighted by atomic mass is 19.2. The third kappa shape index (κ3) is 6.44. The Morgan fingerprint density at radius 2 is 1.65 bits per heavy atom. The van der Waals surface area contributed by atoms with Gasteiger partial charge in [0, 0.05) is 0 Å². The van der Waals surface area contributed by atoms with Crippen molar-refractivity contribution in [2.24, 2.45) is 17.8 Å². The van der Waals surface area contributed by atoms with Crippen LogP contribution in [-0.4, -0.2) is 23.9 Å². The second-order valence-corrected chi connectivity index (χ2v) is 9.34. The highest BCUT2D eigenvalue weighted by molar-refractivity contribution is 5.35. The molecule has 1 N–H and O–H groups in total. The zero-order valence-electron chi connectivity index (χ0n) is 19.0. The van der Waals surface area contributed by atoms with Crippen molar-refractivity contribution in [1.82, 2.24) is 0 Å². The molecule has 1 aromatic carbocycles. The Hall–Kier alpha value is -1.62. The van der Waals surface area contributed by atoms with Gasteiger partial charge in [-0.25, -0.2) is 0 Å². The Labute approximate surface area is 185 Å². The standard InChI is InChI=1S/C26H38F2O3/c1-3-5-6-15-26(29)16-13-21(14-17-26)20-9-7-19(8-10-20)18-31-23-12-11-22(30-4-2)24(27)25(23)28/h11-13,16,19-21,29H,3-10,14-15,17-18H2,1-2H3/t19?,20?,21-,26+/m0/s1. The van der Waals surface area contributed by atoms with Crippen LogP contribution in [-0.2, 0) is 0 Å². The number of hydrogen-bond donors (Lipinski definition) is 1. The predicted molar refractivity (Wildman–Crippen MR) is 119 cm³/mol. The second-order valence-electron chi connectivity index (χ2n) is 9.34. The Morgan fingerprint density at radius 1 is 0.968 bits per heavy atom. The lowest BCUT2D eigenvalue weighted by atomic mass is 9.71. The summed E-state index contributed by atoms with van der Waals surface area (Å²) in [6.45, 7) is 4.61. The first-order valence-corrected chi connectivity index (χ1v) is 12.1. The highest BCUT2D eigenvalue weighted by Crippen LogP contribution is 2.40. The van der Waals surface area contributed by atoms with E-state index in [1.807, 2.05) is 0 Å². The summed E-state index contributed by atoms with van der Waals surface area (Å²) in [6.07, 6.45) is 14.9. The van der Waals surface area contributed by atoms with Crippen molar-refractivity contribution in [1.29, 1.82) is 0 Å². The Balaban J connectivity index is 1.44. The van der Waals surface area contributed by atoms with Crippen molar-refractivity contribution in [3.63, 3.8) is 0 Å². The summed E-state index contributed by atoms with van der Waals surface area (Å²) in [5, 5.41) is 10.8. The average Bonchev–Trinajstić information content (AvgIpc) is 2.78. The molecule has 0 amide bonds. The molecule has 2 aliphatic rings. The van der Waals surface area contributed by atoms with Gasteiger partial charge in [-0.1, -0.05) is 38.3 Å². The van der Waals surface area contributed by atoms with E-state index in [1.165, 1.54) is 25.0 Å². The normalized spacial score (nSPS) is 28.5. The number of hydrogen-bond acceptors (Lipinski definition) is 3. The molecule has 1 fully saturated rings. The van der Waals surface area contributed by atoms with Crippen molar-refractivity contribution in [2.75, 3.05) is 13.2 Å². The Morgan fingerprint density at radius 3 is 2.23 bits per heavy atom. The van der Waals surface area contributed by atoms with E-state index in [-0.39, 0.29) is 18.1 Å². The molecule has 174 valence electrons. The predicted octanol–water partition coefficient (Wildman–Crippen LogP) is 6.83. The van der Waals surface area contributed by atoms with Gasteiger partial charge in [-0.3, -0.25) is 0 Å². The fourth-order valence-electron chi connectivity index (χ4n) is 5.06. The number of halogens is 2. The molecule has 0 aliphatic heterocycles. The molecule has 5 heteroatoms. The lowest BCUT2D eigenvalue weighted by Crippen LogP contribution is -2.33. The van der Waals surface area contributed by atoms with Crippen LogP contribution in [0.2, 0.25) is 0 Å². The van der Waals surface area contributed by atoms with E-state index in [0.29, 0.717) is 24.4 Å². The van der Waals surface area contributed by atoms with E-state index in [0.717, 1.165) is 51.4 Å². The second kappa shape index (κ2) is 11.3. The SMILES string of the molecule is CCCCC[C@@]1(O)C=C[C@H](C2CCC(COc3ccc(OCC)c(F)c3F)CC2)CC1. The van der Waals surface area contributed by atoms with Gasteiger partial charge in [0.15, 0.2) is 11.5 Å². The summed E-state index contributed by atoms with van der Waals surface area (Å²) in [7, 11) is 0. The van der Waals surface area contributed by atoms with Crippen molar-refractivity contribution >= 4 is 0 Å². The van der Waals surface area contributed by atoms with E-state index in [1.54, 1.807) is 6.92 Å². The molecule has 0 bridgehead atoms. The van der Waals surface area contributed by atoms with Crippen molar-refractivity contribution < 1.29 is 23.4 Å². The number of aliphatic hydroxyl groups is 1. The minimum absolute atomic E-state index is 0.0411. The molecule has 0 saturated heterocycles. The van der Waals surface area contributed by atoms with Crippen molar-refractivity contribution in [2.45, 2.75) is 83.7 Å². The van der Waals surface area contributed by atoms with Crippen LogP contribution in [0.5, 0.6) is 11.5 Å². The van der Waals surface area contributed by atoms with Gasteiger partial charge in [0.05, 0.1) is 18.8 Å². The molecule has 0 unspecified atom stereocenters. The van der Waals surface area contributed by atoms with Gasteiger partial charge in [-0.05, 0) is 81.8 Å². The van der Waals surface area contributed by atoms with Gasteiger partial charge in [0.1, 0.15) is 0 Å². The van der Waals surface area contributed by atoms with Crippen LogP contribution in [0, 0.1) is 29.4 Å². The van der Waals surface area contributed by atoms with E-state index < -0.39 is 17.2 Å². The van der Waals surface area contributed by atoms with Crippen LogP contribution in [0.25, 0.3) is 0 Å². The molecule has 0 aromatic heterocycles. The quantitative estimate of drug-likeness (QED) is 0.323. The summed E-state index contributed by atoms with van der Waals surface area (Å²) < 4.78 is 38.9. The minimum Gasteiger partial charge on any atom is -0.491 e. The fourth-order valence-corrected chi connectivity index (χ4v) is 5.06. The largest absolute Gasteiger partial charge is 0.491 e. The van der Waals surface area contributed by atoms with E-state index in [2.05, 4.69) is 19.1 Å². The van der Waals surface area contributed by atoms with Crippen molar-refractivity contribution in [3.8, 4) is 11.5 Å². The zero-order valence-corrected chi connectivity index (χ0v) is 19.0. The summed E-state index contributed by atoms with van der Waals surface area (Å²) >= 11 is 0. The first kappa shape index (κ1) is 24.0. The molecule has 3 nitrogen and oxygen atoms in total. The van der Waals surface area contributed by atoms with Crippen LogP contribution < -0.4 is 9.47 Å². The molecule has 2 aliphatic carbocycles. The Bertz CT molecular complexity index is 728. The fraction of sp³-hybridized carbons (Fsp3) is 0.692. The Kier molecular flexibility index (Phi) is 8.76. The highest BCUT2D eigenvalue weighted by Gasteiger charge is 2.33. The van der Waals surface area contributed by atoms with Gasteiger partial charge in [0.2, 0.25) is 11.6 Å². The van der Waals surface area contributed by atoms with E-state index in [9.17, 15) is 13.9 Å². The molecule has 0 radical (unpaired) electrons. The van der Waals surface area contributed by atoms with Gasteiger partial charge in [-0.15, -0.1) is 0 Å². The maximum absolute atomic E-state index is 14.2. The topological polar surface area (TPSA) is 38.7 Å². The van der Waals surface area contributed by atoms with Gasteiger partial charge in [-0.2, -0.15) is 8.78 Å². The van der Waals surface area contributed by atoms with Gasteiger partial charge in [0.25, 0.3) is 0 Å². The monoisotopic (exact) mass is 436 g/mol.